The summed E-state index contributed by atoms with van der Waals surface area (Å²) in [4.78, 5) is 17.1. The molecular weight excluding hydrogens is 406 g/mol. The Bertz CT molecular complexity index is 1040. The lowest BCUT2D eigenvalue weighted by Crippen LogP contribution is -2.29. The third kappa shape index (κ3) is 4.57. The molecule has 0 aromatic carbocycles. The Balaban J connectivity index is 1.28. The van der Waals surface area contributed by atoms with Crippen LogP contribution in [-0.4, -0.2) is 40.0 Å². The van der Waals surface area contributed by atoms with E-state index in [0.29, 0.717) is 30.0 Å². The number of ether oxygens (including phenoxy) is 1. The van der Waals surface area contributed by atoms with Crippen LogP contribution in [0.5, 0.6) is 5.75 Å². The first kappa shape index (κ1) is 20.4. The molecule has 3 aromatic heterocycles. The second-order valence-corrected chi connectivity index (χ2v) is 9.82. The van der Waals surface area contributed by atoms with Crippen LogP contribution in [0.15, 0.2) is 36.8 Å². The minimum atomic E-state index is 0.414. The lowest BCUT2D eigenvalue weighted by molar-refractivity contribution is 0.255. The highest BCUT2D eigenvalue weighted by Crippen LogP contribution is 2.37. The maximum Gasteiger partial charge on any atom is 0.166 e. The van der Waals surface area contributed by atoms with Crippen LogP contribution in [0.2, 0.25) is 0 Å². The summed E-state index contributed by atoms with van der Waals surface area (Å²) in [6.45, 7) is 2.73. The van der Waals surface area contributed by atoms with Gasteiger partial charge in [0.15, 0.2) is 11.6 Å². The maximum atomic E-state index is 6.11. The molecule has 1 aliphatic carbocycles. The second-order valence-electron chi connectivity index (χ2n) is 8.75. The third-order valence-electron chi connectivity index (χ3n) is 6.52. The molecule has 3 aromatic rings. The standard InChI is InChI=1S/C24H29N5OS/c1-29-9-6-18(7-10-29)24-28-14-22(31-24)19-12-21(23(25)27-13-19)30-15-16-5-8-26-20(11-16)17-3-2-4-17/h5,8,11-14,17-18H,2-4,6-7,9-10,15H2,1H3,(H2,25,27). The number of hydrogen-bond donors (Lipinski definition) is 1. The number of nitrogen functional groups attached to an aromatic ring is 1. The molecule has 5 rings (SSSR count). The fraction of sp³-hybridized carbons (Fsp3) is 0.458. The Morgan fingerprint density at radius 2 is 1.90 bits per heavy atom. The maximum absolute atomic E-state index is 6.11. The molecule has 6 nitrogen and oxygen atoms in total. The van der Waals surface area contributed by atoms with E-state index in [4.69, 9.17) is 15.5 Å². The molecule has 2 aliphatic rings. The van der Waals surface area contributed by atoms with Gasteiger partial charge in [-0.3, -0.25) is 4.98 Å². The van der Waals surface area contributed by atoms with E-state index in [-0.39, 0.29) is 0 Å². The normalized spacial score (nSPS) is 18.1. The van der Waals surface area contributed by atoms with E-state index in [1.54, 1.807) is 11.3 Å². The summed E-state index contributed by atoms with van der Waals surface area (Å²) < 4.78 is 6.07. The summed E-state index contributed by atoms with van der Waals surface area (Å²) in [5.41, 5.74) is 9.41. The van der Waals surface area contributed by atoms with Crippen molar-refractivity contribution in [1.82, 2.24) is 19.9 Å². The van der Waals surface area contributed by atoms with Crippen molar-refractivity contribution in [3.8, 4) is 16.2 Å². The molecule has 1 aliphatic heterocycles. The highest BCUT2D eigenvalue weighted by atomic mass is 32.1. The second kappa shape index (κ2) is 8.93. The van der Waals surface area contributed by atoms with Crippen molar-refractivity contribution in [3.05, 3.63) is 53.1 Å². The molecular formula is C24H29N5OS. The largest absolute Gasteiger partial charge is 0.485 e. The minimum Gasteiger partial charge on any atom is -0.485 e. The van der Waals surface area contributed by atoms with E-state index < -0.39 is 0 Å². The van der Waals surface area contributed by atoms with Crippen LogP contribution in [0.1, 0.15) is 60.2 Å². The number of piperidine rings is 1. The van der Waals surface area contributed by atoms with Gasteiger partial charge in [0.2, 0.25) is 0 Å². The Labute approximate surface area is 187 Å². The van der Waals surface area contributed by atoms with Crippen molar-refractivity contribution < 1.29 is 4.74 Å². The quantitative estimate of drug-likeness (QED) is 0.597. The molecule has 0 atom stereocenters. The summed E-state index contributed by atoms with van der Waals surface area (Å²) in [5.74, 6) is 2.20. The van der Waals surface area contributed by atoms with E-state index in [9.17, 15) is 0 Å². The van der Waals surface area contributed by atoms with E-state index >= 15 is 0 Å². The average molecular weight is 436 g/mol. The molecule has 1 saturated carbocycles. The van der Waals surface area contributed by atoms with Crippen molar-refractivity contribution in [2.75, 3.05) is 25.9 Å². The van der Waals surface area contributed by atoms with Crippen LogP contribution in [0.4, 0.5) is 5.82 Å². The zero-order valence-corrected chi connectivity index (χ0v) is 18.8. The number of nitrogens with two attached hydrogens (primary N) is 1. The van der Waals surface area contributed by atoms with Gasteiger partial charge in [0, 0.05) is 41.7 Å². The summed E-state index contributed by atoms with van der Waals surface area (Å²) in [6.07, 6.45) is 11.8. The first-order valence-electron chi connectivity index (χ1n) is 11.1. The van der Waals surface area contributed by atoms with Gasteiger partial charge in [-0.2, -0.15) is 0 Å². The Hall–Kier alpha value is -2.51. The average Bonchev–Trinajstić information content (AvgIpc) is 3.23. The molecule has 2 fully saturated rings. The van der Waals surface area contributed by atoms with Gasteiger partial charge < -0.3 is 15.4 Å². The Morgan fingerprint density at radius 1 is 1.06 bits per heavy atom. The van der Waals surface area contributed by atoms with E-state index in [1.807, 2.05) is 30.7 Å². The molecule has 4 heterocycles. The summed E-state index contributed by atoms with van der Waals surface area (Å²) in [7, 11) is 2.19. The van der Waals surface area contributed by atoms with Gasteiger partial charge in [0.25, 0.3) is 0 Å². The van der Waals surface area contributed by atoms with Crippen LogP contribution in [0.3, 0.4) is 0 Å². The van der Waals surface area contributed by atoms with Crippen LogP contribution in [0.25, 0.3) is 10.4 Å². The summed E-state index contributed by atoms with van der Waals surface area (Å²) in [6, 6.07) is 6.16. The highest BCUT2D eigenvalue weighted by Gasteiger charge is 2.22. The molecule has 2 N–H and O–H groups in total. The molecule has 0 bridgehead atoms. The first-order valence-corrected chi connectivity index (χ1v) is 11.9. The van der Waals surface area contributed by atoms with Crippen LogP contribution >= 0.6 is 11.3 Å². The predicted molar refractivity (Wildman–Crippen MR) is 124 cm³/mol. The van der Waals surface area contributed by atoms with Gasteiger partial charge in [-0.15, -0.1) is 11.3 Å². The molecule has 31 heavy (non-hydrogen) atoms. The third-order valence-corrected chi connectivity index (χ3v) is 7.73. The van der Waals surface area contributed by atoms with Crippen molar-refractivity contribution in [2.24, 2.45) is 0 Å². The van der Waals surface area contributed by atoms with Crippen LogP contribution in [0, 0.1) is 0 Å². The van der Waals surface area contributed by atoms with Gasteiger partial charge in [0.1, 0.15) is 6.61 Å². The van der Waals surface area contributed by atoms with Gasteiger partial charge in [0.05, 0.1) is 9.88 Å². The van der Waals surface area contributed by atoms with Gasteiger partial charge >= 0.3 is 0 Å². The zero-order chi connectivity index (χ0) is 21.2. The predicted octanol–water partition coefficient (Wildman–Crippen LogP) is 4.84. The number of rotatable bonds is 6. The number of anilines is 1. The van der Waals surface area contributed by atoms with Crippen LogP contribution in [-0.2, 0) is 6.61 Å². The summed E-state index contributed by atoms with van der Waals surface area (Å²) in [5, 5.41) is 1.22. The summed E-state index contributed by atoms with van der Waals surface area (Å²) >= 11 is 1.76. The van der Waals surface area contributed by atoms with Gasteiger partial charge in [-0.05, 0) is 69.6 Å². The number of thiazole rings is 1. The fourth-order valence-electron chi connectivity index (χ4n) is 4.24. The lowest BCUT2D eigenvalue weighted by atomic mass is 9.82. The Morgan fingerprint density at radius 3 is 2.68 bits per heavy atom. The number of nitrogens with zero attached hydrogens (tertiary/aromatic N) is 4. The lowest BCUT2D eigenvalue weighted by Gasteiger charge is -2.27. The monoisotopic (exact) mass is 435 g/mol. The van der Waals surface area contributed by atoms with Crippen molar-refractivity contribution in [3.63, 3.8) is 0 Å². The van der Waals surface area contributed by atoms with E-state index in [1.165, 1.54) is 42.8 Å². The molecule has 1 saturated heterocycles. The molecule has 162 valence electrons. The van der Waals surface area contributed by atoms with Crippen molar-refractivity contribution >= 4 is 17.2 Å². The van der Waals surface area contributed by atoms with Crippen LogP contribution < -0.4 is 10.5 Å². The SMILES string of the molecule is CN1CCC(c2ncc(-c3cnc(N)c(OCc4ccnc(C5CCC5)c4)c3)s2)CC1. The smallest absolute Gasteiger partial charge is 0.166 e. The molecule has 7 heteroatoms. The fourth-order valence-corrected chi connectivity index (χ4v) is 5.31. The van der Waals surface area contributed by atoms with E-state index in [0.717, 1.165) is 29.1 Å². The topological polar surface area (TPSA) is 77.2 Å². The zero-order valence-electron chi connectivity index (χ0n) is 18.0. The van der Waals surface area contributed by atoms with Gasteiger partial charge in [-0.1, -0.05) is 6.42 Å². The number of likely N-dealkylation sites (tertiary alicyclic amines) is 1. The molecule has 0 amide bonds. The van der Waals surface area contributed by atoms with Crippen molar-refractivity contribution in [1.29, 1.82) is 0 Å². The number of pyridine rings is 2. The first-order chi connectivity index (χ1) is 15.2. The van der Waals surface area contributed by atoms with Crippen molar-refractivity contribution in [2.45, 2.75) is 50.5 Å². The molecule has 0 unspecified atom stereocenters. The molecule has 0 spiro atoms. The molecule has 0 radical (unpaired) electrons. The van der Waals surface area contributed by atoms with E-state index in [2.05, 4.69) is 28.0 Å². The minimum absolute atomic E-state index is 0.414. The number of aromatic nitrogens is 3. The number of hydrogen-bond acceptors (Lipinski definition) is 7. The highest BCUT2D eigenvalue weighted by molar-refractivity contribution is 7.15. The van der Waals surface area contributed by atoms with Gasteiger partial charge in [-0.25, -0.2) is 9.97 Å². The Kier molecular flexibility index (Phi) is 5.87.